The summed E-state index contributed by atoms with van der Waals surface area (Å²) in [6, 6.07) is 7.02. The number of hydrogen-bond acceptors (Lipinski definition) is 5. The van der Waals surface area contributed by atoms with E-state index in [1.165, 1.54) is 6.07 Å². The van der Waals surface area contributed by atoms with Crippen molar-refractivity contribution in [3.8, 4) is 0 Å². The van der Waals surface area contributed by atoms with Crippen molar-refractivity contribution in [2.24, 2.45) is 0 Å². The highest BCUT2D eigenvalue weighted by Gasteiger charge is 2.37. The van der Waals surface area contributed by atoms with Crippen molar-refractivity contribution in [3.05, 3.63) is 66.1 Å². The normalized spacial score (nSPS) is 12.9. The highest BCUT2D eigenvalue weighted by molar-refractivity contribution is 9.11. The van der Waals surface area contributed by atoms with Crippen LogP contribution in [-0.4, -0.2) is 34.1 Å². The van der Waals surface area contributed by atoms with E-state index in [4.69, 9.17) is 0 Å². The molecule has 0 saturated heterocycles. The van der Waals surface area contributed by atoms with Crippen LogP contribution in [0, 0.1) is 17.0 Å². The van der Waals surface area contributed by atoms with Gasteiger partial charge < -0.3 is 5.32 Å². The number of benzene rings is 2. The second-order valence-electron chi connectivity index (χ2n) is 5.84. The average Bonchev–Trinajstić information content (AvgIpc) is 2.82. The van der Waals surface area contributed by atoms with Gasteiger partial charge in [0.25, 0.3) is 17.5 Å². The van der Waals surface area contributed by atoms with Gasteiger partial charge in [-0.15, -0.1) is 0 Å². The quantitative estimate of drug-likeness (QED) is 0.394. The van der Waals surface area contributed by atoms with Gasteiger partial charge in [-0.2, -0.15) is 0 Å². The zero-order valence-electron chi connectivity index (χ0n) is 13.8. The third-order valence-corrected chi connectivity index (χ3v) is 5.17. The third-order valence-electron chi connectivity index (χ3n) is 3.92. The van der Waals surface area contributed by atoms with Crippen molar-refractivity contribution in [1.29, 1.82) is 0 Å². The highest BCUT2D eigenvalue weighted by Crippen LogP contribution is 2.32. The summed E-state index contributed by atoms with van der Waals surface area (Å²) < 4.78 is 1.28. The Hall–Kier alpha value is -2.59. The number of fused-ring (bicyclic) bond motifs is 1. The molecule has 27 heavy (non-hydrogen) atoms. The van der Waals surface area contributed by atoms with Gasteiger partial charge in [0, 0.05) is 21.1 Å². The smallest absolute Gasteiger partial charge is 0.270 e. The molecule has 0 aliphatic carbocycles. The predicted molar refractivity (Wildman–Crippen MR) is 104 cm³/mol. The van der Waals surface area contributed by atoms with E-state index in [-0.39, 0.29) is 16.8 Å². The lowest BCUT2D eigenvalue weighted by Gasteiger charge is -2.15. The first-order valence-electron chi connectivity index (χ1n) is 7.59. The van der Waals surface area contributed by atoms with Gasteiger partial charge in [-0.3, -0.25) is 29.4 Å². The van der Waals surface area contributed by atoms with Crippen LogP contribution in [0.25, 0.3) is 0 Å². The molecule has 0 spiro atoms. The van der Waals surface area contributed by atoms with E-state index in [1.54, 1.807) is 0 Å². The molecule has 1 N–H and O–H groups in total. The van der Waals surface area contributed by atoms with Crippen molar-refractivity contribution in [1.82, 2.24) is 4.90 Å². The van der Waals surface area contributed by atoms with Crippen molar-refractivity contribution in [3.63, 3.8) is 0 Å². The van der Waals surface area contributed by atoms with E-state index >= 15 is 0 Å². The van der Waals surface area contributed by atoms with Crippen LogP contribution in [0.3, 0.4) is 0 Å². The number of aryl methyl sites for hydroxylation is 1. The minimum absolute atomic E-state index is 0.0381. The molecule has 10 heteroatoms. The number of nitrogens with one attached hydrogen (secondary N) is 1. The molecule has 1 aliphatic rings. The fourth-order valence-electron chi connectivity index (χ4n) is 2.68. The van der Waals surface area contributed by atoms with Gasteiger partial charge in [-0.05, 0) is 62.5 Å². The molecular formula is C17H11Br2N3O5. The Morgan fingerprint density at radius 2 is 1.70 bits per heavy atom. The summed E-state index contributed by atoms with van der Waals surface area (Å²) in [6.45, 7) is 1.38. The van der Waals surface area contributed by atoms with Crippen LogP contribution in [0.5, 0.6) is 0 Å². The highest BCUT2D eigenvalue weighted by atomic mass is 79.9. The lowest BCUT2D eigenvalue weighted by Crippen LogP contribution is -2.37. The minimum Gasteiger partial charge on any atom is -0.323 e. The Morgan fingerprint density at radius 3 is 2.30 bits per heavy atom. The first-order chi connectivity index (χ1) is 12.7. The van der Waals surface area contributed by atoms with Gasteiger partial charge in [0.15, 0.2) is 0 Å². The maximum Gasteiger partial charge on any atom is 0.270 e. The van der Waals surface area contributed by atoms with Gasteiger partial charge >= 0.3 is 0 Å². The second-order valence-corrected chi connectivity index (χ2v) is 7.54. The van der Waals surface area contributed by atoms with E-state index in [0.29, 0.717) is 14.6 Å². The molecule has 0 unspecified atom stereocenters. The largest absolute Gasteiger partial charge is 0.323 e. The van der Waals surface area contributed by atoms with Crippen molar-refractivity contribution < 1.29 is 19.3 Å². The van der Waals surface area contributed by atoms with Crippen LogP contribution in [0.1, 0.15) is 26.3 Å². The Kier molecular flexibility index (Phi) is 5.11. The number of rotatable bonds is 4. The lowest BCUT2D eigenvalue weighted by molar-refractivity contribution is -0.384. The molecule has 2 aromatic carbocycles. The molecule has 0 saturated carbocycles. The van der Waals surface area contributed by atoms with Gasteiger partial charge in [-0.1, -0.05) is 0 Å². The maximum absolute atomic E-state index is 12.4. The Bertz CT molecular complexity index is 999. The molecule has 0 aromatic heterocycles. The number of halogens is 2. The average molecular weight is 497 g/mol. The molecule has 138 valence electrons. The molecular weight excluding hydrogens is 486 g/mol. The van der Waals surface area contributed by atoms with Gasteiger partial charge in [0.1, 0.15) is 6.54 Å². The molecule has 0 radical (unpaired) electrons. The van der Waals surface area contributed by atoms with Crippen molar-refractivity contribution in [2.75, 3.05) is 11.9 Å². The molecule has 1 aliphatic heterocycles. The fraction of sp³-hybridized carbons (Fsp3) is 0.118. The zero-order valence-corrected chi connectivity index (χ0v) is 17.0. The van der Waals surface area contributed by atoms with Gasteiger partial charge in [0.05, 0.1) is 21.7 Å². The molecule has 0 bridgehead atoms. The van der Waals surface area contributed by atoms with Crippen molar-refractivity contribution in [2.45, 2.75) is 6.92 Å². The number of amides is 3. The third kappa shape index (κ3) is 3.62. The summed E-state index contributed by atoms with van der Waals surface area (Å²) in [5.74, 6) is -1.98. The second kappa shape index (κ2) is 7.20. The summed E-state index contributed by atoms with van der Waals surface area (Å²) >= 11 is 6.70. The Morgan fingerprint density at radius 1 is 1.11 bits per heavy atom. The standard InChI is InChI=1S/C17H11Br2N3O5/c1-8-4-12(18)15(13(19)5-8)20-14(23)7-21-16(24)10-3-2-9(22(26)27)6-11(10)17(21)25/h2-6H,7H2,1H3,(H,20,23). The summed E-state index contributed by atoms with van der Waals surface area (Å²) in [5, 5.41) is 13.5. The van der Waals surface area contributed by atoms with Gasteiger partial charge in [-0.25, -0.2) is 0 Å². The van der Waals surface area contributed by atoms with Gasteiger partial charge in [0.2, 0.25) is 5.91 Å². The SMILES string of the molecule is Cc1cc(Br)c(NC(=O)CN2C(=O)c3ccc([N+](=O)[O-])cc3C2=O)c(Br)c1. The van der Waals surface area contributed by atoms with E-state index in [9.17, 15) is 24.5 Å². The number of hydrogen-bond donors (Lipinski definition) is 1. The first-order valence-corrected chi connectivity index (χ1v) is 9.17. The van der Waals surface area contributed by atoms with Crippen LogP contribution < -0.4 is 5.32 Å². The molecule has 8 nitrogen and oxygen atoms in total. The molecule has 0 atom stereocenters. The molecule has 2 aromatic rings. The number of nitro benzene ring substituents is 1. The molecule has 0 fully saturated rings. The van der Waals surface area contributed by atoms with Crippen LogP contribution >= 0.6 is 31.9 Å². The van der Waals surface area contributed by atoms with Crippen LogP contribution in [-0.2, 0) is 4.79 Å². The molecule has 3 rings (SSSR count). The predicted octanol–water partition coefficient (Wildman–Crippen LogP) is 3.66. The van der Waals surface area contributed by atoms with Crippen molar-refractivity contribution >= 4 is 61.0 Å². The summed E-state index contributed by atoms with van der Waals surface area (Å²) in [6.07, 6.45) is 0. The number of nitro groups is 1. The number of carbonyl (C=O) groups excluding carboxylic acids is 3. The zero-order chi connectivity index (χ0) is 19.9. The number of non-ortho nitro benzene ring substituents is 1. The van der Waals surface area contributed by atoms with E-state index in [0.717, 1.165) is 22.6 Å². The lowest BCUT2D eigenvalue weighted by atomic mass is 10.1. The topological polar surface area (TPSA) is 110 Å². The van der Waals surface area contributed by atoms with Crippen LogP contribution in [0.2, 0.25) is 0 Å². The Balaban J connectivity index is 1.80. The Labute approximate surface area is 169 Å². The first kappa shape index (κ1) is 19.2. The number of imide groups is 1. The van der Waals surface area contributed by atoms with Crippen LogP contribution in [0.4, 0.5) is 11.4 Å². The summed E-state index contributed by atoms with van der Waals surface area (Å²) in [7, 11) is 0. The van der Waals surface area contributed by atoms with E-state index in [1.807, 2.05) is 19.1 Å². The maximum atomic E-state index is 12.4. The summed E-state index contributed by atoms with van der Waals surface area (Å²) in [5.41, 5.74) is 1.09. The monoisotopic (exact) mass is 495 g/mol. The molecule has 1 heterocycles. The summed E-state index contributed by atoms with van der Waals surface area (Å²) in [4.78, 5) is 48.2. The van der Waals surface area contributed by atoms with E-state index < -0.39 is 29.2 Å². The fourth-order valence-corrected chi connectivity index (χ4v) is 4.29. The number of nitrogens with zero attached hydrogens (tertiary/aromatic N) is 2. The number of carbonyl (C=O) groups is 3. The van der Waals surface area contributed by atoms with E-state index in [2.05, 4.69) is 37.2 Å². The van der Waals surface area contributed by atoms with Crippen LogP contribution in [0.15, 0.2) is 39.3 Å². The number of anilines is 1. The minimum atomic E-state index is -0.740. The molecule has 3 amide bonds.